The number of nitrogens with one attached hydrogen (secondary N) is 1. The predicted octanol–water partition coefficient (Wildman–Crippen LogP) is 3.26. The summed E-state index contributed by atoms with van der Waals surface area (Å²) in [6.45, 7) is 0.398. The van der Waals surface area contributed by atoms with Gasteiger partial charge < -0.3 is 9.84 Å². The van der Waals surface area contributed by atoms with Crippen LogP contribution in [-0.4, -0.2) is 18.2 Å². The van der Waals surface area contributed by atoms with E-state index >= 15 is 0 Å². The van der Waals surface area contributed by atoms with Crippen molar-refractivity contribution in [2.24, 2.45) is 0 Å². The van der Waals surface area contributed by atoms with Gasteiger partial charge in [0.25, 0.3) is 0 Å². The molecule has 2 aromatic carbocycles. The van der Waals surface area contributed by atoms with E-state index < -0.39 is 12.0 Å². The van der Waals surface area contributed by atoms with Crippen LogP contribution in [0.25, 0.3) is 0 Å². The number of carboxylic acid groups (broad SMARTS) is 1. The number of halogens is 1. The Balaban J connectivity index is 2.09. The first-order valence-corrected chi connectivity index (χ1v) is 6.83. The Hall–Kier alpha value is -2.04. The first-order chi connectivity index (χ1) is 10.1. The van der Waals surface area contributed by atoms with E-state index in [4.69, 9.17) is 16.3 Å². The summed E-state index contributed by atoms with van der Waals surface area (Å²) in [5, 5.41) is 12.9. The predicted molar refractivity (Wildman–Crippen MR) is 81.7 cm³/mol. The van der Waals surface area contributed by atoms with E-state index in [0.29, 0.717) is 22.9 Å². The van der Waals surface area contributed by atoms with Crippen molar-refractivity contribution in [1.82, 2.24) is 5.32 Å². The number of carboxylic acids is 1. The molecule has 5 heteroatoms. The van der Waals surface area contributed by atoms with Gasteiger partial charge in [-0.15, -0.1) is 0 Å². The minimum Gasteiger partial charge on any atom is -0.495 e. The highest BCUT2D eigenvalue weighted by molar-refractivity contribution is 6.32. The van der Waals surface area contributed by atoms with Crippen LogP contribution in [0.2, 0.25) is 5.02 Å². The van der Waals surface area contributed by atoms with Crippen LogP contribution in [0, 0.1) is 0 Å². The summed E-state index contributed by atoms with van der Waals surface area (Å²) in [7, 11) is 1.55. The highest BCUT2D eigenvalue weighted by Gasteiger charge is 2.18. The molecule has 1 atom stereocenters. The highest BCUT2D eigenvalue weighted by Crippen LogP contribution is 2.25. The summed E-state index contributed by atoms with van der Waals surface area (Å²) in [6, 6.07) is 13.7. The number of hydrogen-bond donors (Lipinski definition) is 2. The second-order valence-electron chi connectivity index (χ2n) is 4.53. The molecular weight excluding hydrogens is 290 g/mol. The van der Waals surface area contributed by atoms with Gasteiger partial charge in [0.05, 0.1) is 12.1 Å². The molecule has 0 aromatic heterocycles. The summed E-state index contributed by atoms with van der Waals surface area (Å²) in [5.41, 5.74) is 1.60. The van der Waals surface area contributed by atoms with Crippen molar-refractivity contribution in [3.63, 3.8) is 0 Å². The average Bonchev–Trinajstić information content (AvgIpc) is 2.48. The zero-order valence-electron chi connectivity index (χ0n) is 11.5. The quantitative estimate of drug-likeness (QED) is 0.860. The molecule has 2 rings (SSSR count). The van der Waals surface area contributed by atoms with E-state index in [1.807, 2.05) is 24.3 Å². The van der Waals surface area contributed by atoms with Gasteiger partial charge in [0.15, 0.2) is 0 Å². The van der Waals surface area contributed by atoms with Gasteiger partial charge in [-0.1, -0.05) is 48.0 Å². The second-order valence-corrected chi connectivity index (χ2v) is 4.94. The molecule has 2 N–H and O–H groups in total. The maximum atomic E-state index is 11.4. The van der Waals surface area contributed by atoms with Crippen molar-refractivity contribution in [1.29, 1.82) is 0 Å². The molecular formula is C16H16ClNO3. The van der Waals surface area contributed by atoms with Crippen LogP contribution in [-0.2, 0) is 11.3 Å². The molecule has 0 bridgehead atoms. The van der Waals surface area contributed by atoms with Crippen molar-refractivity contribution in [3.05, 3.63) is 64.7 Å². The zero-order valence-corrected chi connectivity index (χ0v) is 12.3. The van der Waals surface area contributed by atoms with Crippen LogP contribution in [0.1, 0.15) is 17.2 Å². The van der Waals surface area contributed by atoms with Gasteiger partial charge in [-0.25, -0.2) is 0 Å². The van der Waals surface area contributed by atoms with Crippen molar-refractivity contribution in [2.45, 2.75) is 12.6 Å². The fraction of sp³-hybridized carbons (Fsp3) is 0.188. The Bertz CT molecular complexity index is 616. The molecule has 1 unspecified atom stereocenters. The van der Waals surface area contributed by atoms with Crippen LogP contribution in [0.5, 0.6) is 5.75 Å². The van der Waals surface area contributed by atoms with E-state index in [0.717, 1.165) is 5.56 Å². The minimum absolute atomic E-state index is 0.398. The van der Waals surface area contributed by atoms with Crippen LogP contribution < -0.4 is 10.1 Å². The number of aliphatic carboxylic acids is 1. The number of methoxy groups -OCH3 is 1. The third kappa shape index (κ3) is 3.97. The molecule has 110 valence electrons. The van der Waals surface area contributed by atoms with Crippen LogP contribution in [0.3, 0.4) is 0 Å². The molecule has 2 aromatic rings. The molecule has 4 nitrogen and oxygen atoms in total. The van der Waals surface area contributed by atoms with Gasteiger partial charge >= 0.3 is 5.97 Å². The standard InChI is InChI=1S/C16H16ClNO3/c1-21-14-8-7-11(9-13(14)17)10-18-15(16(19)20)12-5-3-2-4-6-12/h2-9,15,18H,10H2,1H3,(H,19,20). The minimum atomic E-state index is -0.916. The Kier molecular flexibility index (Phi) is 5.20. The molecule has 0 saturated heterocycles. The molecule has 0 spiro atoms. The fourth-order valence-electron chi connectivity index (χ4n) is 2.03. The second kappa shape index (κ2) is 7.11. The van der Waals surface area contributed by atoms with Gasteiger partial charge in [0.1, 0.15) is 11.8 Å². The smallest absolute Gasteiger partial charge is 0.325 e. The first-order valence-electron chi connectivity index (χ1n) is 6.45. The van der Waals surface area contributed by atoms with Crippen molar-refractivity contribution in [2.75, 3.05) is 7.11 Å². The number of hydrogen-bond acceptors (Lipinski definition) is 3. The molecule has 0 aliphatic rings. The van der Waals surface area contributed by atoms with E-state index in [1.54, 1.807) is 31.4 Å². The van der Waals surface area contributed by atoms with Crippen molar-refractivity contribution < 1.29 is 14.6 Å². The van der Waals surface area contributed by atoms with E-state index in [1.165, 1.54) is 0 Å². The molecule has 0 aliphatic heterocycles. The molecule has 0 aliphatic carbocycles. The molecule has 0 heterocycles. The molecule has 0 amide bonds. The maximum absolute atomic E-state index is 11.4. The van der Waals surface area contributed by atoms with Crippen molar-refractivity contribution in [3.8, 4) is 5.75 Å². The van der Waals surface area contributed by atoms with Gasteiger partial charge in [-0.3, -0.25) is 10.1 Å². The zero-order chi connectivity index (χ0) is 15.2. The monoisotopic (exact) mass is 305 g/mol. The molecule has 0 fully saturated rings. The Labute approximate surface area is 128 Å². The lowest BCUT2D eigenvalue weighted by Gasteiger charge is -2.15. The van der Waals surface area contributed by atoms with Gasteiger partial charge in [0, 0.05) is 6.54 Å². The largest absolute Gasteiger partial charge is 0.495 e. The lowest BCUT2D eigenvalue weighted by Crippen LogP contribution is -2.28. The third-order valence-corrected chi connectivity index (χ3v) is 3.40. The number of rotatable bonds is 6. The Morgan fingerprint density at radius 3 is 2.57 bits per heavy atom. The van der Waals surface area contributed by atoms with Crippen LogP contribution >= 0.6 is 11.6 Å². The van der Waals surface area contributed by atoms with Crippen LogP contribution in [0.15, 0.2) is 48.5 Å². The van der Waals surface area contributed by atoms with E-state index in [9.17, 15) is 9.90 Å². The van der Waals surface area contributed by atoms with E-state index in [-0.39, 0.29) is 0 Å². The van der Waals surface area contributed by atoms with Crippen molar-refractivity contribution >= 4 is 17.6 Å². The number of benzene rings is 2. The van der Waals surface area contributed by atoms with Gasteiger partial charge in [-0.2, -0.15) is 0 Å². The highest BCUT2D eigenvalue weighted by atomic mass is 35.5. The first kappa shape index (κ1) is 15.4. The Morgan fingerprint density at radius 1 is 1.29 bits per heavy atom. The summed E-state index contributed by atoms with van der Waals surface area (Å²) in [5.74, 6) is -0.320. The normalized spacial score (nSPS) is 11.9. The summed E-state index contributed by atoms with van der Waals surface area (Å²) in [4.78, 5) is 11.4. The topological polar surface area (TPSA) is 58.6 Å². The van der Waals surface area contributed by atoms with Gasteiger partial charge in [-0.05, 0) is 23.3 Å². The lowest BCUT2D eigenvalue weighted by atomic mass is 10.1. The summed E-state index contributed by atoms with van der Waals surface area (Å²) >= 11 is 6.06. The van der Waals surface area contributed by atoms with E-state index in [2.05, 4.69) is 5.32 Å². The third-order valence-electron chi connectivity index (χ3n) is 3.11. The number of ether oxygens (including phenoxy) is 1. The average molecular weight is 306 g/mol. The molecule has 0 saturated carbocycles. The van der Waals surface area contributed by atoms with Gasteiger partial charge in [0.2, 0.25) is 0 Å². The number of carbonyl (C=O) groups is 1. The Morgan fingerprint density at radius 2 is 2.00 bits per heavy atom. The molecule has 0 radical (unpaired) electrons. The fourth-order valence-corrected chi connectivity index (χ4v) is 2.31. The summed E-state index contributed by atoms with van der Waals surface area (Å²) in [6.07, 6.45) is 0. The SMILES string of the molecule is COc1ccc(CNC(C(=O)O)c2ccccc2)cc1Cl. The maximum Gasteiger partial charge on any atom is 0.325 e. The molecule has 21 heavy (non-hydrogen) atoms. The lowest BCUT2D eigenvalue weighted by molar-refractivity contribution is -0.139. The van der Waals surface area contributed by atoms with Crippen LogP contribution in [0.4, 0.5) is 0 Å². The summed E-state index contributed by atoms with van der Waals surface area (Å²) < 4.78 is 5.09.